The highest BCUT2D eigenvalue weighted by Crippen LogP contribution is 2.21. The predicted octanol–water partition coefficient (Wildman–Crippen LogP) is 4.40. The van der Waals surface area contributed by atoms with Crippen molar-refractivity contribution in [3.63, 3.8) is 0 Å². The highest BCUT2D eigenvalue weighted by Gasteiger charge is 2.18. The van der Waals surface area contributed by atoms with Crippen molar-refractivity contribution in [1.29, 1.82) is 0 Å². The monoisotopic (exact) mass is 267 g/mol. The molecule has 2 aromatic rings. The van der Waals surface area contributed by atoms with Gasteiger partial charge in [-0.1, -0.05) is 74.5 Å². The first-order valence-corrected chi connectivity index (χ1v) is 7.63. The molecule has 0 saturated heterocycles. The van der Waals surface area contributed by atoms with Gasteiger partial charge in [-0.15, -0.1) is 0 Å². The van der Waals surface area contributed by atoms with Crippen molar-refractivity contribution in [2.75, 3.05) is 6.54 Å². The normalized spacial score (nSPS) is 13.9. The zero-order chi connectivity index (χ0) is 14.2. The quantitative estimate of drug-likeness (QED) is 0.784. The number of rotatable bonds is 7. The van der Waals surface area contributed by atoms with Gasteiger partial charge < -0.3 is 5.32 Å². The van der Waals surface area contributed by atoms with Crippen LogP contribution in [0.5, 0.6) is 0 Å². The molecule has 2 rings (SSSR count). The van der Waals surface area contributed by atoms with E-state index in [1.54, 1.807) is 0 Å². The van der Waals surface area contributed by atoms with E-state index in [1.807, 2.05) is 0 Å². The van der Waals surface area contributed by atoms with E-state index in [1.165, 1.54) is 17.5 Å². The minimum absolute atomic E-state index is 0.486. The lowest BCUT2D eigenvalue weighted by atomic mass is 9.89. The van der Waals surface area contributed by atoms with Crippen LogP contribution in [0.1, 0.15) is 37.3 Å². The molecule has 1 N–H and O–H groups in total. The van der Waals surface area contributed by atoms with Gasteiger partial charge in [0, 0.05) is 6.04 Å². The zero-order valence-electron chi connectivity index (χ0n) is 12.5. The van der Waals surface area contributed by atoms with Crippen molar-refractivity contribution < 1.29 is 0 Å². The summed E-state index contributed by atoms with van der Waals surface area (Å²) >= 11 is 0. The summed E-state index contributed by atoms with van der Waals surface area (Å²) in [5, 5.41) is 3.72. The second-order valence-corrected chi connectivity index (χ2v) is 5.45. The third-order valence-electron chi connectivity index (χ3n) is 3.88. The van der Waals surface area contributed by atoms with E-state index in [-0.39, 0.29) is 0 Å². The van der Waals surface area contributed by atoms with Gasteiger partial charge in [-0.2, -0.15) is 0 Å². The molecule has 0 amide bonds. The van der Waals surface area contributed by atoms with Gasteiger partial charge in [-0.25, -0.2) is 0 Å². The summed E-state index contributed by atoms with van der Waals surface area (Å²) < 4.78 is 0. The van der Waals surface area contributed by atoms with E-state index in [2.05, 4.69) is 79.8 Å². The molecular formula is C19H25N. The maximum atomic E-state index is 3.72. The van der Waals surface area contributed by atoms with Crippen LogP contribution in [0.3, 0.4) is 0 Å². The number of hydrogen-bond acceptors (Lipinski definition) is 1. The fraction of sp³-hybridized carbons (Fsp3) is 0.368. The first-order chi connectivity index (χ1) is 9.81. The molecule has 0 radical (unpaired) electrons. The van der Waals surface area contributed by atoms with Crippen LogP contribution in [0.4, 0.5) is 0 Å². The fourth-order valence-electron chi connectivity index (χ4n) is 2.61. The van der Waals surface area contributed by atoms with Crippen LogP contribution in [-0.4, -0.2) is 12.6 Å². The van der Waals surface area contributed by atoms with Gasteiger partial charge in [0.1, 0.15) is 0 Å². The molecule has 2 unspecified atom stereocenters. The second-order valence-electron chi connectivity index (χ2n) is 5.45. The summed E-state index contributed by atoms with van der Waals surface area (Å²) in [5.74, 6) is 0.517. The van der Waals surface area contributed by atoms with Crippen molar-refractivity contribution in [2.45, 2.75) is 38.6 Å². The molecule has 2 atom stereocenters. The summed E-state index contributed by atoms with van der Waals surface area (Å²) in [6.07, 6.45) is 2.25. The summed E-state index contributed by atoms with van der Waals surface area (Å²) in [6.45, 7) is 5.63. The topological polar surface area (TPSA) is 12.0 Å². The molecule has 0 bridgehead atoms. The molecule has 0 heterocycles. The first kappa shape index (κ1) is 14.8. The van der Waals surface area contributed by atoms with Crippen molar-refractivity contribution in [2.24, 2.45) is 0 Å². The average Bonchev–Trinajstić information content (AvgIpc) is 2.52. The maximum Gasteiger partial charge on any atom is 0.0173 e. The van der Waals surface area contributed by atoms with Crippen LogP contribution in [0.2, 0.25) is 0 Å². The van der Waals surface area contributed by atoms with Crippen molar-refractivity contribution in [3.05, 3.63) is 71.8 Å². The van der Waals surface area contributed by atoms with Crippen LogP contribution in [0.25, 0.3) is 0 Å². The SMILES string of the molecule is CCCNC(Cc1ccccc1)C(C)c1ccccc1. The van der Waals surface area contributed by atoms with E-state index >= 15 is 0 Å². The van der Waals surface area contributed by atoms with E-state index in [4.69, 9.17) is 0 Å². The highest BCUT2D eigenvalue weighted by molar-refractivity contribution is 5.23. The van der Waals surface area contributed by atoms with Gasteiger partial charge in [0.25, 0.3) is 0 Å². The van der Waals surface area contributed by atoms with Gasteiger partial charge in [0.2, 0.25) is 0 Å². The predicted molar refractivity (Wildman–Crippen MR) is 87.1 cm³/mol. The van der Waals surface area contributed by atoms with Crippen LogP contribution in [0, 0.1) is 0 Å². The molecule has 20 heavy (non-hydrogen) atoms. The zero-order valence-corrected chi connectivity index (χ0v) is 12.5. The van der Waals surface area contributed by atoms with E-state index in [9.17, 15) is 0 Å². The highest BCUT2D eigenvalue weighted by atomic mass is 14.9. The number of benzene rings is 2. The Hall–Kier alpha value is -1.60. The van der Waals surface area contributed by atoms with Gasteiger partial charge in [-0.3, -0.25) is 0 Å². The van der Waals surface area contributed by atoms with Crippen LogP contribution < -0.4 is 5.32 Å². The van der Waals surface area contributed by atoms with E-state index < -0.39 is 0 Å². The Bertz CT molecular complexity index is 478. The Labute approximate surface area is 123 Å². The Kier molecular flexibility index (Phi) is 5.82. The number of hydrogen-bond donors (Lipinski definition) is 1. The third kappa shape index (κ3) is 4.21. The van der Waals surface area contributed by atoms with Crippen molar-refractivity contribution in [1.82, 2.24) is 5.32 Å². The third-order valence-corrected chi connectivity index (χ3v) is 3.88. The van der Waals surface area contributed by atoms with Crippen molar-refractivity contribution in [3.8, 4) is 0 Å². The van der Waals surface area contributed by atoms with Crippen molar-refractivity contribution >= 4 is 0 Å². The molecule has 0 aliphatic carbocycles. The smallest absolute Gasteiger partial charge is 0.0173 e. The van der Waals surface area contributed by atoms with Crippen LogP contribution in [0.15, 0.2) is 60.7 Å². The molecular weight excluding hydrogens is 242 g/mol. The van der Waals surface area contributed by atoms with Gasteiger partial charge in [0.15, 0.2) is 0 Å². The van der Waals surface area contributed by atoms with Crippen LogP contribution in [-0.2, 0) is 6.42 Å². The molecule has 0 aliphatic rings. The molecule has 1 heteroatoms. The molecule has 106 valence electrons. The molecule has 0 fully saturated rings. The lowest BCUT2D eigenvalue weighted by Gasteiger charge is -2.26. The lowest BCUT2D eigenvalue weighted by Crippen LogP contribution is -2.36. The summed E-state index contributed by atoms with van der Waals surface area (Å²) in [6, 6.07) is 22.1. The largest absolute Gasteiger partial charge is 0.313 e. The maximum absolute atomic E-state index is 3.72. The second kappa shape index (κ2) is 7.86. The molecule has 0 spiro atoms. The number of nitrogens with one attached hydrogen (secondary N) is 1. The Balaban J connectivity index is 2.10. The summed E-state index contributed by atoms with van der Waals surface area (Å²) in [4.78, 5) is 0. The Morgan fingerprint density at radius 3 is 2.10 bits per heavy atom. The standard InChI is InChI=1S/C19H25N/c1-3-14-20-19(15-17-10-6-4-7-11-17)16(2)18-12-8-5-9-13-18/h4-13,16,19-20H,3,14-15H2,1-2H3. The van der Waals surface area contributed by atoms with Gasteiger partial charge >= 0.3 is 0 Å². The first-order valence-electron chi connectivity index (χ1n) is 7.63. The molecule has 0 aliphatic heterocycles. The summed E-state index contributed by atoms with van der Waals surface area (Å²) in [5.41, 5.74) is 2.82. The van der Waals surface area contributed by atoms with E-state index in [0.717, 1.165) is 13.0 Å². The molecule has 0 saturated carbocycles. The van der Waals surface area contributed by atoms with E-state index in [0.29, 0.717) is 12.0 Å². The molecule has 0 aromatic heterocycles. The van der Waals surface area contributed by atoms with Gasteiger partial charge in [0.05, 0.1) is 0 Å². The minimum Gasteiger partial charge on any atom is -0.313 e. The molecule has 1 nitrogen and oxygen atoms in total. The summed E-state index contributed by atoms with van der Waals surface area (Å²) in [7, 11) is 0. The van der Waals surface area contributed by atoms with Gasteiger partial charge in [-0.05, 0) is 36.4 Å². The van der Waals surface area contributed by atoms with Crippen LogP contribution >= 0.6 is 0 Å². The average molecular weight is 267 g/mol. The Morgan fingerprint density at radius 1 is 0.900 bits per heavy atom. The molecule has 2 aromatic carbocycles. The fourth-order valence-corrected chi connectivity index (χ4v) is 2.61. The minimum atomic E-state index is 0.486. The lowest BCUT2D eigenvalue weighted by molar-refractivity contribution is 0.447. The Morgan fingerprint density at radius 2 is 1.50 bits per heavy atom.